The van der Waals surface area contributed by atoms with Gasteiger partial charge < -0.3 is 15.1 Å². The van der Waals surface area contributed by atoms with Crippen molar-refractivity contribution in [2.24, 2.45) is 11.8 Å². The molecule has 104 valence electrons. The number of nitrogens with zero attached hydrogens (tertiary/aromatic N) is 2. The molecule has 1 atom stereocenters. The monoisotopic (exact) mass is 255 g/mol. The number of rotatable bonds is 6. The zero-order valence-electron chi connectivity index (χ0n) is 11.9. The van der Waals surface area contributed by atoms with Crippen molar-refractivity contribution in [1.82, 2.24) is 15.1 Å². The third-order valence-electron chi connectivity index (χ3n) is 3.77. The van der Waals surface area contributed by atoms with Gasteiger partial charge in [-0.3, -0.25) is 9.59 Å². The number of amides is 2. The normalized spacial score (nSPS) is 16.9. The lowest BCUT2D eigenvalue weighted by molar-refractivity contribution is -0.142. The molecule has 0 spiro atoms. The highest BCUT2D eigenvalue weighted by molar-refractivity contribution is 5.85. The van der Waals surface area contributed by atoms with Crippen LogP contribution in [0, 0.1) is 11.8 Å². The first-order chi connectivity index (χ1) is 8.51. The largest absolute Gasteiger partial charge is 0.342 e. The molecule has 1 heterocycles. The second-order valence-corrected chi connectivity index (χ2v) is 4.97. The van der Waals surface area contributed by atoms with Crippen LogP contribution in [0.15, 0.2) is 0 Å². The van der Waals surface area contributed by atoms with Crippen LogP contribution in [-0.2, 0) is 9.59 Å². The average Bonchev–Trinajstić information content (AvgIpc) is 2.27. The number of carbonyl (C=O) groups is 2. The minimum absolute atomic E-state index is 0.000697. The van der Waals surface area contributed by atoms with Crippen LogP contribution in [0.1, 0.15) is 20.8 Å². The van der Waals surface area contributed by atoms with Crippen molar-refractivity contribution in [2.45, 2.75) is 20.8 Å². The van der Waals surface area contributed by atoms with E-state index in [1.165, 1.54) is 0 Å². The molecule has 0 aliphatic carbocycles. The molecule has 1 rings (SSSR count). The van der Waals surface area contributed by atoms with Crippen molar-refractivity contribution in [3.8, 4) is 0 Å². The van der Waals surface area contributed by atoms with Crippen LogP contribution in [0.5, 0.6) is 0 Å². The van der Waals surface area contributed by atoms with Gasteiger partial charge in [-0.05, 0) is 32.9 Å². The first kappa shape index (κ1) is 15.0. The molecule has 5 heteroatoms. The Bertz CT molecular complexity index is 299. The molecule has 0 radical (unpaired) electrons. The van der Waals surface area contributed by atoms with E-state index in [2.05, 4.69) is 5.32 Å². The van der Waals surface area contributed by atoms with E-state index in [-0.39, 0.29) is 24.3 Å². The lowest BCUT2D eigenvalue weighted by Gasteiger charge is -2.34. The third-order valence-corrected chi connectivity index (χ3v) is 3.77. The second-order valence-electron chi connectivity index (χ2n) is 4.97. The van der Waals surface area contributed by atoms with Gasteiger partial charge in [-0.1, -0.05) is 6.92 Å². The van der Waals surface area contributed by atoms with Crippen molar-refractivity contribution in [3.63, 3.8) is 0 Å². The van der Waals surface area contributed by atoms with Crippen molar-refractivity contribution in [1.29, 1.82) is 0 Å². The van der Waals surface area contributed by atoms with E-state index in [0.717, 1.165) is 13.1 Å². The Kier molecular flexibility index (Phi) is 5.59. The Labute approximate surface area is 110 Å². The summed E-state index contributed by atoms with van der Waals surface area (Å²) in [7, 11) is 1.71. The quantitative estimate of drug-likeness (QED) is 0.736. The van der Waals surface area contributed by atoms with Crippen molar-refractivity contribution >= 4 is 11.8 Å². The van der Waals surface area contributed by atoms with Gasteiger partial charge in [0.25, 0.3) is 0 Å². The van der Waals surface area contributed by atoms with Gasteiger partial charge in [0.1, 0.15) is 0 Å². The summed E-state index contributed by atoms with van der Waals surface area (Å²) in [6.07, 6.45) is 0. The van der Waals surface area contributed by atoms with Gasteiger partial charge in [-0.25, -0.2) is 0 Å². The summed E-state index contributed by atoms with van der Waals surface area (Å²) in [5.74, 6) is 0.515. The van der Waals surface area contributed by atoms with Gasteiger partial charge in [0.05, 0.1) is 6.54 Å². The van der Waals surface area contributed by atoms with Gasteiger partial charge in [0.2, 0.25) is 11.8 Å². The van der Waals surface area contributed by atoms with Crippen LogP contribution in [0.3, 0.4) is 0 Å². The van der Waals surface area contributed by atoms with Gasteiger partial charge in [-0.2, -0.15) is 0 Å². The Balaban J connectivity index is 2.45. The lowest BCUT2D eigenvalue weighted by Crippen LogP contribution is -2.51. The Morgan fingerprint density at radius 2 is 1.83 bits per heavy atom. The number of likely N-dealkylation sites (N-methyl/N-ethyl adjacent to an activating group) is 2. The van der Waals surface area contributed by atoms with Crippen molar-refractivity contribution < 1.29 is 9.59 Å². The van der Waals surface area contributed by atoms with Gasteiger partial charge in [0, 0.05) is 26.1 Å². The summed E-state index contributed by atoms with van der Waals surface area (Å²) in [6, 6.07) is 0. The summed E-state index contributed by atoms with van der Waals surface area (Å²) in [6.45, 7) is 9.24. The topological polar surface area (TPSA) is 52.7 Å². The van der Waals surface area contributed by atoms with Crippen LogP contribution < -0.4 is 5.32 Å². The van der Waals surface area contributed by atoms with E-state index in [4.69, 9.17) is 0 Å². The molecular formula is C13H25N3O2. The molecule has 0 saturated carbocycles. The molecule has 1 unspecified atom stereocenters. The molecule has 1 fully saturated rings. The summed E-state index contributed by atoms with van der Waals surface area (Å²) >= 11 is 0. The number of nitrogens with one attached hydrogen (secondary N) is 1. The maximum absolute atomic E-state index is 12.1. The fourth-order valence-corrected chi connectivity index (χ4v) is 2.17. The van der Waals surface area contributed by atoms with Crippen LogP contribution in [0.25, 0.3) is 0 Å². The third kappa shape index (κ3) is 3.45. The Morgan fingerprint density at radius 3 is 2.22 bits per heavy atom. The average molecular weight is 255 g/mol. The number of carbonyl (C=O) groups excluding carboxylic acids is 2. The summed E-state index contributed by atoms with van der Waals surface area (Å²) in [5.41, 5.74) is 0. The highest BCUT2D eigenvalue weighted by Gasteiger charge is 2.31. The minimum atomic E-state index is 0.000697. The van der Waals surface area contributed by atoms with E-state index < -0.39 is 0 Å². The molecule has 0 aromatic rings. The molecule has 0 aromatic heterocycles. The first-order valence-corrected chi connectivity index (χ1v) is 6.74. The Morgan fingerprint density at radius 1 is 1.28 bits per heavy atom. The zero-order valence-corrected chi connectivity index (χ0v) is 11.9. The van der Waals surface area contributed by atoms with Crippen molar-refractivity contribution in [3.05, 3.63) is 0 Å². The van der Waals surface area contributed by atoms with E-state index in [0.29, 0.717) is 19.0 Å². The molecule has 5 nitrogen and oxygen atoms in total. The van der Waals surface area contributed by atoms with Crippen LogP contribution in [-0.4, -0.2) is 61.4 Å². The van der Waals surface area contributed by atoms with Crippen LogP contribution >= 0.6 is 0 Å². The fraction of sp³-hybridized carbons (Fsp3) is 0.846. The SMILES string of the molecule is CCN(CC)C(=O)CN(C)C(=O)C(C)C1CNC1. The highest BCUT2D eigenvalue weighted by atomic mass is 16.2. The first-order valence-electron chi connectivity index (χ1n) is 6.74. The standard InChI is InChI=1S/C13H25N3O2/c1-5-16(6-2)12(17)9-15(4)13(18)10(3)11-7-14-8-11/h10-11,14H,5-9H2,1-4H3. The summed E-state index contributed by atoms with van der Waals surface area (Å²) in [4.78, 5) is 27.4. The minimum Gasteiger partial charge on any atom is -0.342 e. The maximum atomic E-state index is 12.1. The van der Waals surface area contributed by atoms with E-state index >= 15 is 0 Å². The van der Waals surface area contributed by atoms with Crippen LogP contribution in [0.2, 0.25) is 0 Å². The second kappa shape index (κ2) is 6.73. The van der Waals surface area contributed by atoms with E-state index in [9.17, 15) is 9.59 Å². The molecule has 1 aliphatic rings. The van der Waals surface area contributed by atoms with Crippen molar-refractivity contribution in [2.75, 3.05) is 39.8 Å². The summed E-state index contributed by atoms with van der Waals surface area (Å²) in [5, 5.41) is 3.17. The molecular weight excluding hydrogens is 230 g/mol. The van der Waals surface area contributed by atoms with Crippen LogP contribution in [0.4, 0.5) is 0 Å². The van der Waals surface area contributed by atoms with Gasteiger partial charge in [0.15, 0.2) is 0 Å². The predicted octanol–water partition coefficient (Wildman–Crippen LogP) is 0.169. The smallest absolute Gasteiger partial charge is 0.242 e. The predicted molar refractivity (Wildman–Crippen MR) is 71.1 cm³/mol. The molecule has 1 aliphatic heterocycles. The van der Waals surface area contributed by atoms with Gasteiger partial charge >= 0.3 is 0 Å². The Hall–Kier alpha value is -1.10. The maximum Gasteiger partial charge on any atom is 0.242 e. The molecule has 0 bridgehead atoms. The van der Waals surface area contributed by atoms with E-state index in [1.807, 2.05) is 20.8 Å². The molecule has 1 N–H and O–H groups in total. The van der Waals surface area contributed by atoms with E-state index in [1.54, 1.807) is 16.8 Å². The number of hydrogen-bond donors (Lipinski definition) is 1. The molecule has 0 aromatic carbocycles. The highest BCUT2D eigenvalue weighted by Crippen LogP contribution is 2.17. The molecule has 1 saturated heterocycles. The number of hydrogen-bond acceptors (Lipinski definition) is 3. The molecule has 18 heavy (non-hydrogen) atoms. The lowest BCUT2D eigenvalue weighted by atomic mass is 9.88. The fourth-order valence-electron chi connectivity index (χ4n) is 2.17. The summed E-state index contributed by atoms with van der Waals surface area (Å²) < 4.78 is 0. The molecule has 2 amide bonds. The zero-order chi connectivity index (χ0) is 13.7. The van der Waals surface area contributed by atoms with Gasteiger partial charge in [-0.15, -0.1) is 0 Å².